The molecule has 0 spiro atoms. The van der Waals surface area contributed by atoms with E-state index in [0.29, 0.717) is 17.3 Å². The van der Waals surface area contributed by atoms with E-state index < -0.39 is 0 Å². The zero-order valence-corrected chi connectivity index (χ0v) is 11.8. The number of piperidine rings is 1. The second-order valence-corrected chi connectivity index (χ2v) is 5.53. The predicted molar refractivity (Wildman–Crippen MR) is 74.4 cm³/mol. The molecule has 1 heterocycles. The summed E-state index contributed by atoms with van der Waals surface area (Å²) in [7, 11) is 0. The molecule has 1 fully saturated rings. The number of hydrogen-bond donors (Lipinski definition) is 2. The van der Waals surface area contributed by atoms with Crippen LogP contribution in [0, 0.1) is 10.8 Å². The normalized spacial score (nSPS) is 22.3. The van der Waals surface area contributed by atoms with Crippen LogP contribution in [-0.2, 0) is 0 Å². The molecule has 100 valence electrons. The van der Waals surface area contributed by atoms with Gasteiger partial charge in [-0.25, -0.2) is 0 Å². The van der Waals surface area contributed by atoms with Crippen molar-refractivity contribution in [2.45, 2.75) is 65.3 Å². The molecule has 0 bridgehead atoms. The van der Waals surface area contributed by atoms with Gasteiger partial charge in [0.25, 0.3) is 0 Å². The summed E-state index contributed by atoms with van der Waals surface area (Å²) < 4.78 is 0. The third kappa shape index (κ3) is 3.70. The van der Waals surface area contributed by atoms with Crippen molar-refractivity contribution < 1.29 is 0 Å². The standard InChI is InChI=1S/C14H29N3/c1-4-12(11-13(15)16)17-9-7-14(5-2,6-3)8-10-17/h12H,4-11H2,1-3H3,(H3,15,16). The maximum atomic E-state index is 7.45. The molecule has 0 aromatic rings. The third-order valence-electron chi connectivity index (χ3n) is 4.80. The maximum Gasteiger partial charge on any atom is 0.0921 e. The first-order chi connectivity index (χ1) is 8.06. The minimum absolute atomic E-state index is 0.333. The van der Waals surface area contributed by atoms with Gasteiger partial charge in [-0.1, -0.05) is 33.6 Å². The van der Waals surface area contributed by atoms with Crippen LogP contribution in [0.15, 0.2) is 0 Å². The lowest BCUT2D eigenvalue weighted by Crippen LogP contribution is -2.46. The minimum atomic E-state index is 0.333. The van der Waals surface area contributed by atoms with Gasteiger partial charge in [0.05, 0.1) is 5.84 Å². The molecule has 0 aliphatic carbocycles. The van der Waals surface area contributed by atoms with Gasteiger partial charge in [0.2, 0.25) is 0 Å². The molecule has 0 aromatic carbocycles. The van der Waals surface area contributed by atoms with Crippen LogP contribution in [0.25, 0.3) is 0 Å². The monoisotopic (exact) mass is 239 g/mol. The van der Waals surface area contributed by atoms with Gasteiger partial charge in [0.15, 0.2) is 0 Å². The Labute approximate surface area is 106 Å². The van der Waals surface area contributed by atoms with E-state index in [0.717, 1.165) is 12.8 Å². The number of nitrogens with zero attached hydrogens (tertiary/aromatic N) is 1. The van der Waals surface area contributed by atoms with Crippen molar-refractivity contribution in [2.24, 2.45) is 11.1 Å². The molecule has 3 nitrogen and oxygen atoms in total. The minimum Gasteiger partial charge on any atom is -0.388 e. The number of amidine groups is 1. The molecule has 1 saturated heterocycles. The van der Waals surface area contributed by atoms with Crippen molar-refractivity contribution in [1.29, 1.82) is 5.41 Å². The van der Waals surface area contributed by atoms with Gasteiger partial charge in [-0.2, -0.15) is 0 Å². The van der Waals surface area contributed by atoms with Gasteiger partial charge in [-0.05, 0) is 37.8 Å². The van der Waals surface area contributed by atoms with Crippen molar-refractivity contribution in [3.63, 3.8) is 0 Å². The van der Waals surface area contributed by atoms with E-state index in [2.05, 4.69) is 25.7 Å². The maximum absolute atomic E-state index is 7.45. The van der Waals surface area contributed by atoms with Crippen molar-refractivity contribution in [1.82, 2.24) is 4.90 Å². The molecule has 1 aliphatic heterocycles. The topological polar surface area (TPSA) is 53.1 Å². The lowest BCUT2D eigenvalue weighted by Gasteiger charge is -2.43. The Morgan fingerprint density at radius 3 is 2.12 bits per heavy atom. The van der Waals surface area contributed by atoms with Crippen molar-refractivity contribution in [3.05, 3.63) is 0 Å². The predicted octanol–water partition coefficient (Wildman–Crippen LogP) is 2.99. The molecular weight excluding hydrogens is 210 g/mol. The van der Waals surface area contributed by atoms with Gasteiger partial charge >= 0.3 is 0 Å². The number of rotatable bonds is 6. The summed E-state index contributed by atoms with van der Waals surface area (Å²) in [6, 6.07) is 0.485. The van der Waals surface area contributed by atoms with E-state index in [1.54, 1.807) is 0 Å². The van der Waals surface area contributed by atoms with Gasteiger partial charge in [0, 0.05) is 12.5 Å². The highest BCUT2D eigenvalue weighted by atomic mass is 15.2. The highest BCUT2D eigenvalue weighted by Crippen LogP contribution is 2.38. The zero-order valence-electron chi connectivity index (χ0n) is 11.8. The largest absolute Gasteiger partial charge is 0.388 e. The summed E-state index contributed by atoms with van der Waals surface area (Å²) in [6.07, 6.45) is 7.08. The molecule has 17 heavy (non-hydrogen) atoms. The first kappa shape index (κ1) is 14.5. The van der Waals surface area contributed by atoms with Crippen molar-refractivity contribution in [3.8, 4) is 0 Å². The molecule has 1 rings (SSSR count). The number of likely N-dealkylation sites (tertiary alicyclic amines) is 1. The lowest BCUT2D eigenvalue weighted by molar-refractivity contribution is 0.0665. The Bertz CT molecular complexity index is 236. The van der Waals surface area contributed by atoms with Gasteiger partial charge in [0.1, 0.15) is 0 Å². The fourth-order valence-electron chi connectivity index (χ4n) is 3.11. The Kier molecular flexibility index (Phi) is 5.44. The van der Waals surface area contributed by atoms with Crippen LogP contribution in [0.5, 0.6) is 0 Å². The SMILES string of the molecule is CCC(CC(=N)N)N1CCC(CC)(CC)CC1. The van der Waals surface area contributed by atoms with Crippen molar-refractivity contribution in [2.75, 3.05) is 13.1 Å². The van der Waals surface area contributed by atoms with Gasteiger partial charge in [-0.15, -0.1) is 0 Å². The van der Waals surface area contributed by atoms with Crippen LogP contribution < -0.4 is 5.73 Å². The number of nitrogens with one attached hydrogen (secondary N) is 1. The lowest BCUT2D eigenvalue weighted by atomic mass is 9.74. The second-order valence-electron chi connectivity index (χ2n) is 5.53. The Balaban J connectivity index is 2.52. The third-order valence-corrected chi connectivity index (χ3v) is 4.80. The van der Waals surface area contributed by atoms with E-state index in [-0.39, 0.29) is 0 Å². The smallest absolute Gasteiger partial charge is 0.0921 e. The Hall–Kier alpha value is -0.570. The molecule has 0 amide bonds. The summed E-state index contributed by atoms with van der Waals surface area (Å²) in [4.78, 5) is 2.55. The second kappa shape index (κ2) is 6.39. The first-order valence-electron chi connectivity index (χ1n) is 7.13. The quantitative estimate of drug-likeness (QED) is 0.553. The number of nitrogens with two attached hydrogens (primary N) is 1. The van der Waals surface area contributed by atoms with E-state index in [4.69, 9.17) is 11.1 Å². The highest BCUT2D eigenvalue weighted by molar-refractivity contribution is 5.77. The summed E-state index contributed by atoms with van der Waals surface area (Å²) in [5, 5.41) is 7.45. The van der Waals surface area contributed by atoms with E-state index in [1.807, 2.05) is 0 Å². The highest BCUT2D eigenvalue weighted by Gasteiger charge is 2.33. The average molecular weight is 239 g/mol. The summed E-state index contributed by atoms with van der Waals surface area (Å²) in [6.45, 7) is 9.23. The first-order valence-corrected chi connectivity index (χ1v) is 7.13. The zero-order chi connectivity index (χ0) is 12.9. The van der Waals surface area contributed by atoms with Crippen LogP contribution in [-0.4, -0.2) is 29.9 Å². The van der Waals surface area contributed by atoms with Crippen LogP contribution in [0.1, 0.15) is 59.3 Å². The summed E-state index contributed by atoms with van der Waals surface area (Å²) in [5.74, 6) is 0.333. The van der Waals surface area contributed by atoms with Crippen LogP contribution in [0.3, 0.4) is 0 Å². The molecule has 0 saturated carbocycles. The van der Waals surface area contributed by atoms with Gasteiger partial charge < -0.3 is 5.73 Å². The van der Waals surface area contributed by atoms with E-state index >= 15 is 0 Å². The molecule has 1 unspecified atom stereocenters. The summed E-state index contributed by atoms with van der Waals surface area (Å²) >= 11 is 0. The molecule has 0 aromatic heterocycles. The molecule has 1 atom stereocenters. The van der Waals surface area contributed by atoms with E-state index in [1.165, 1.54) is 38.8 Å². The Morgan fingerprint density at radius 1 is 1.24 bits per heavy atom. The molecule has 3 N–H and O–H groups in total. The Morgan fingerprint density at radius 2 is 1.76 bits per heavy atom. The molecule has 3 heteroatoms. The fraction of sp³-hybridized carbons (Fsp3) is 0.929. The van der Waals surface area contributed by atoms with Gasteiger partial charge in [-0.3, -0.25) is 10.3 Å². The van der Waals surface area contributed by atoms with Crippen LogP contribution >= 0.6 is 0 Å². The van der Waals surface area contributed by atoms with Crippen molar-refractivity contribution >= 4 is 5.84 Å². The average Bonchev–Trinajstić information content (AvgIpc) is 2.36. The number of hydrogen-bond acceptors (Lipinski definition) is 2. The molecule has 0 radical (unpaired) electrons. The molecule has 1 aliphatic rings. The fourth-order valence-corrected chi connectivity index (χ4v) is 3.11. The van der Waals surface area contributed by atoms with Crippen LogP contribution in [0.2, 0.25) is 0 Å². The molecular formula is C14H29N3. The van der Waals surface area contributed by atoms with Crippen LogP contribution in [0.4, 0.5) is 0 Å². The van der Waals surface area contributed by atoms with E-state index in [9.17, 15) is 0 Å². The summed E-state index contributed by atoms with van der Waals surface area (Å²) in [5.41, 5.74) is 6.13.